The fourth-order valence-corrected chi connectivity index (χ4v) is 1.68. The Labute approximate surface area is 110 Å². The largest absolute Gasteiger partial charge is 0.419 e. The molecule has 0 radical (unpaired) electrons. The number of benzene rings is 1. The molecule has 19 heavy (non-hydrogen) atoms. The predicted molar refractivity (Wildman–Crippen MR) is 68.2 cm³/mol. The number of hydrogen-bond acceptors (Lipinski definition) is 1. The summed E-state index contributed by atoms with van der Waals surface area (Å²) in [5.41, 5.74) is 0.0178. The molecule has 1 aromatic carbocycles. The van der Waals surface area contributed by atoms with Crippen LogP contribution in [0.1, 0.15) is 31.4 Å². The third kappa shape index (κ3) is 4.67. The fourth-order valence-electron chi connectivity index (χ4n) is 1.68. The van der Waals surface area contributed by atoms with Crippen molar-refractivity contribution in [3.8, 4) is 0 Å². The lowest BCUT2D eigenvalue weighted by molar-refractivity contribution is -0.140. The SMILES string of the molecule is CCNCC/C=C(/C)c1ccc(C(F)(F)F)c(F)c1. The first kappa shape index (κ1) is 15.7. The van der Waals surface area contributed by atoms with Crippen molar-refractivity contribution in [2.24, 2.45) is 0 Å². The summed E-state index contributed by atoms with van der Waals surface area (Å²) in [6, 6.07) is 3.01. The Balaban J connectivity index is 2.83. The summed E-state index contributed by atoms with van der Waals surface area (Å²) in [5, 5.41) is 3.13. The van der Waals surface area contributed by atoms with Gasteiger partial charge in [-0.15, -0.1) is 0 Å². The van der Waals surface area contributed by atoms with E-state index in [2.05, 4.69) is 5.32 Å². The van der Waals surface area contributed by atoms with Crippen LogP contribution in [-0.4, -0.2) is 13.1 Å². The molecule has 0 fully saturated rings. The highest BCUT2D eigenvalue weighted by Gasteiger charge is 2.33. The van der Waals surface area contributed by atoms with Crippen molar-refractivity contribution in [2.75, 3.05) is 13.1 Å². The molecular weight excluding hydrogens is 258 g/mol. The minimum absolute atomic E-state index is 0.474. The van der Waals surface area contributed by atoms with Gasteiger partial charge >= 0.3 is 6.18 Å². The Morgan fingerprint density at radius 1 is 1.32 bits per heavy atom. The van der Waals surface area contributed by atoms with Gasteiger partial charge in [-0.05, 0) is 49.7 Å². The van der Waals surface area contributed by atoms with Gasteiger partial charge in [0.1, 0.15) is 5.82 Å². The number of nitrogens with one attached hydrogen (secondary N) is 1. The Hall–Kier alpha value is -1.36. The van der Waals surface area contributed by atoms with Gasteiger partial charge in [0.05, 0.1) is 5.56 Å². The molecule has 5 heteroatoms. The van der Waals surface area contributed by atoms with Crippen LogP contribution in [-0.2, 0) is 6.18 Å². The number of rotatable bonds is 5. The van der Waals surface area contributed by atoms with Gasteiger partial charge in [0, 0.05) is 0 Å². The quantitative estimate of drug-likeness (QED) is 0.626. The highest BCUT2D eigenvalue weighted by atomic mass is 19.4. The average Bonchev–Trinajstić information content (AvgIpc) is 2.32. The second-order valence-corrected chi connectivity index (χ2v) is 4.22. The highest BCUT2D eigenvalue weighted by Crippen LogP contribution is 2.32. The Morgan fingerprint density at radius 2 is 2.00 bits per heavy atom. The molecule has 106 valence electrons. The summed E-state index contributed by atoms with van der Waals surface area (Å²) in [6.45, 7) is 5.40. The standard InChI is InChI=1S/C14H17F4N/c1-3-19-8-4-5-10(2)11-6-7-12(13(15)9-11)14(16,17)18/h5-7,9,19H,3-4,8H2,1-2H3/b10-5-. The number of allylic oxidation sites excluding steroid dienone is 1. The van der Waals surface area contributed by atoms with Gasteiger partial charge in [0.15, 0.2) is 0 Å². The lowest BCUT2D eigenvalue weighted by Crippen LogP contribution is -2.13. The molecule has 1 aromatic rings. The molecule has 0 unspecified atom stereocenters. The lowest BCUT2D eigenvalue weighted by Gasteiger charge is -2.09. The first-order valence-corrected chi connectivity index (χ1v) is 6.11. The van der Waals surface area contributed by atoms with Gasteiger partial charge in [-0.25, -0.2) is 4.39 Å². The van der Waals surface area contributed by atoms with Crippen molar-refractivity contribution in [2.45, 2.75) is 26.4 Å². The average molecular weight is 275 g/mol. The van der Waals surface area contributed by atoms with E-state index in [1.807, 2.05) is 13.0 Å². The topological polar surface area (TPSA) is 12.0 Å². The lowest BCUT2D eigenvalue weighted by atomic mass is 10.0. The van der Waals surface area contributed by atoms with Gasteiger partial charge in [0.2, 0.25) is 0 Å². The third-order valence-corrected chi connectivity index (χ3v) is 2.75. The highest BCUT2D eigenvalue weighted by molar-refractivity contribution is 5.64. The first-order chi connectivity index (χ1) is 8.86. The molecule has 0 heterocycles. The summed E-state index contributed by atoms with van der Waals surface area (Å²) in [7, 11) is 0. The minimum Gasteiger partial charge on any atom is -0.317 e. The minimum atomic E-state index is -4.65. The molecule has 1 nitrogen and oxygen atoms in total. The van der Waals surface area contributed by atoms with E-state index in [9.17, 15) is 17.6 Å². The summed E-state index contributed by atoms with van der Waals surface area (Å²) >= 11 is 0. The van der Waals surface area contributed by atoms with Crippen LogP contribution < -0.4 is 5.32 Å². The monoisotopic (exact) mass is 275 g/mol. The van der Waals surface area contributed by atoms with E-state index in [1.54, 1.807) is 6.92 Å². The van der Waals surface area contributed by atoms with Crippen molar-refractivity contribution in [1.82, 2.24) is 5.32 Å². The summed E-state index contributed by atoms with van der Waals surface area (Å²) < 4.78 is 50.6. The van der Waals surface area contributed by atoms with Crippen molar-refractivity contribution in [1.29, 1.82) is 0 Å². The molecule has 0 saturated carbocycles. The van der Waals surface area contributed by atoms with Crippen LogP contribution in [0.5, 0.6) is 0 Å². The second kappa shape index (κ2) is 6.70. The van der Waals surface area contributed by atoms with E-state index in [4.69, 9.17) is 0 Å². The van der Waals surface area contributed by atoms with Crippen LogP contribution in [0.15, 0.2) is 24.3 Å². The van der Waals surface area contributed by atoms with E-state index >= 15 is 0 Å². The normalized spacial score (nSPS) is 12.8. The van der Waals surface area contributed by atoms with Crippen molar-refractivity contribution < 1.29 is 17.6 Å². The van der Waals surface area contributed by atoms with Crippen molar-refractivity contribution >= 4 is 5.57 Å². The molecule has 0 aromatic heterocycles. The van der Waals surface area contributed by atoms with Crippen LogP contribution in [0.4, 0.5) is 17.6 Å². The molecule has 0 spiro atoms. The molecule has 1 rings (SSSR count). The molecule has 0 aliphatic heterocycles. The van der Waals surface area contributed by atoms with Crippen molar-refractivity contribution in [3.05, 3.63) is 41.2 Å². The van der Waals surface area contributed by atoms with E-state index < -0.39 is 17.6 Å². The molecule has 0 saturated heterocycles. The zero-order valence-electron chi connectivity index (χ0n) is 10.9. The Bertz CT molecular complexity index is 449. The summed E-state index contributed by atoms with van der Waals surface area (Å²) in [4.78, 5) is 0. The Morgan fingerprint density at radius 3 is 2.53 bits per heavy atom. The number of hydrogen-bond donors (Lipinski definition) is 1. The Kier molecular flexibility index (Phi) is 5.54. The molecule has 0 aliphatic rings. The third-order valence-electron chi connectivity index (χ3n) is 2.75. The molecule has 1 N–H and O–H groups in total. The zero-order valence-corrected chi connectivity index (χ0v) is 10.9. The fraction of sp³-hybridized carbons (Fsp3) is 0.429. The van der Waals surface area contributed by atoms with Gasteiger partial charge in [-0.3, -0.25) is 0 Å². The van der Waals surface area contributed by atoms with Gasteiger partial charge in [0.25, 0.3) is 0 Å². The summed E-state index contributed by atoms with van der Waals surface area (Å²) in [5.74, 6) is -1.23. The van der Waals surface area contributed by atoms with Crippen molar-refractivity contribution in [3.63, 3.8) is 0 Å². The number of halogens is 4. The maximum absolute atomic E-state index is 13.4. The van der Waals surface area contributed by atoms with Crippen LogP contribution in [0, 0.1) is 5.82 Å². The smallest absolute Gasteiger partial charge is 0.317 e. The van der Waals surface area contributed by atoms with Gasteiger partial charge in [-0.1, -0.05) is 19.1 Å². The second-order valence-electron chi connectivity index (χ2n) is 4.22. The first-order valence-electron chi connectivity index (χ1n) is 6.11. The molecule has 0 amide bonds. The molecule has 0 atom stereocenters. The van der Waals surface area contributed by atoms with Gasteiger partial charge < -0.3 is 5.32 Å². The van der Waals surface area contributed by atoms with E-state index in [-0.39, 0.29) is 0 Å². The molecular formula is C14H17F4N. The van der Waals surface area contributed by atoms with Crippen LogP contribution in [0.2, 0.25) is 0 Å². The maximum atomic E-state index is 13.4. The molecule has 0 aliphatic carbocycles. The predicted octanol–water partition coefficient (Wildman–Crippen LogP) is 4.25. The molecule has 0 bridgehead atoms. The van der Waals surface area contributed by atoms with E-state index in [1.165, 1.54) is 6.07 Å². The van der Waals surface area contributed by atoms with Crippen LogP contribution >= 0.6 is 0 Å². The van der Waals surface area contributed by atoms with E-state index in [0.717, 1.165) is 37.2 Å². The van der Waals surface area contributed by atoms with Crippen LogP contribution in [0.25, 0.3) is 5.57 Å². The zero-order chi connectivity index (χ0) is 14.5. The van der Waals surface area contributed by atoms with E-state index in [0.29, 0.717) is 5.56 Å². The van der Waals surface area contributed by atoms with Gasteiger partial charge in [-0.2, -0.15) is 13.2 Å². The number of alkyl halides is 3. The maximum Gasteiger partial charge on any atom is 0.419 e. The summed E-state index contributed by atoms with van der Waals surface area (Å²) in [6.07, 6.45) is -2.02. The van der Waals surface area contributed by atoms with Crippen LogP contribution in [0.3, 0.4) is 0 Å².